The fourth-order valence-corrected chi connectivity index (χ4v) is 4.91. The number of rotatable bonds is 4. The van der Waals surface area contributed by atoms with Crippen molar-refractivity contribution in [1.82, 2.24) is 40.0 Å². The minimum atomic E-state index is -4.88. The summed E-state index contributed by atoms with van der Waals surface area (Å²) < 4.78 is 45.6. The lowest BCUT2D eigenvalue weighted by atomic mass is 9.82. The van der Waals surface area contributed by atoms with E-state index < -0.39 is 17.7 Å². The number of halogens is 3. The van der Waals surface area contributed by atoms with Gasteiger partial charge in [-0.1, -0.05) is 5.21 Å². The SMILES string of the molecule is Cn1cc(C(C)(C)NC(=O)N2CC[C@@]3(CCn4nc(-c5cnc(N)c(OC(F)(F)F)c5)cc43)C2)nn1. The first-order valence-electron chi connectivity index (χ1n) is 11.4. The number of hydrogen-bond donors (Lipinski definition) is 2. The van der Waals surface area contributed by atoms with Crippen LogP contribution in [0.25, 0.3) is 11.3 Å². The summed E-state index contributed by atoms with van der Waals surface area (Å²) in [7, 11) is 1.76. The molecule has 1 atom stereocenters. The number of fused-ring (bicyclic) bond motifs is 2. The summed E-state index contributed by atoms with van der Waals surface area (Å²) in [6.07, 6.45) is -0.189. The van der Waals surface area contributed by atoms with Gasteiger partial charge in [0.1, 0.15) is 5.69 Å². The largest absolute Gasteiger partial charge is 0.573 e. The minimum Gasteiger partial charge on any atom is -0.402 e. The maximum atomic E-state index is 13.1. The predicted molar refractivity (Wildman–Crippen MR) is 122 cm³/mol. The van der Waals surface area contributed by atoms with Crippen LogP contribution in [0.5, 0.6) is 5.75 Å². The van der Waals surface area contributed by atoms with E-state index in [4.69, 9.17) is 5.73 Å². The Labute approximate surface area is 204 Å². The second-order valence-corrected chi connectivity index (χ2v) is 9.83. The van der Waals surface area contributed by atoms with Crippen LogP contribution in [0.15, 0.2) is 24.5 Å². The van der Waals surface area contributed by atoms with E-state index in [-0.39, 0.29) is 17.3 Å². The molecule has 0 bridgehead atoms. The van der Waals surface area contributed by atoms with Crippen LogP contribution in [0, 0.1) is 0 Å². The van der Waals surface area contributed by atoms with Crippen molar-refractivity contribution in [1.29, 1.82) is 0 Å². The van der Waals surface area contributed by atoms with Crippen LogP contribution in [0.4, 0.5) is 23.8 Å². The van der Waals surface area contributed by atoms with Gasteiger partial charge in [-0.15, -0.1) is 18.3 Å². The van der Waals surface area contributed by atoms with E-state index in [9.17, 15) is 18.0 Å². The monoisotopic (exact) mass is 505 g/mol. The number of aryl methyl sites for hydroxylation is 2. The number of likely N-dealkylation sites (tertiary alicyclic amines) is 1. The van der Waals surface area contributed by atoms with Crippen LogP contribution < -0.4 is 15.8 Å². The molecule has 5 rings (SSSR count). The number of nitrogen functional groups attached to an aromatic ring is 1. The van der Waals surface area contributed by atoms with E-state index in [1.54, 1.807) is 22.8 Å². The highest BCUT2D eigenvalue weighted by atomic mass is 19.4. The average molecular weight is 506 g/mol. The van der Waals surface area contributed by atoms with Crippen molar-refractivity contribution >= 4 is 11.8 Å². The third kappa shape index (κ3) is 4.31. The number of aromatic nitrogens is 6. The second kappa shape index (κ2) is 8.10. The number of anilines is 1. The molecule has 2 amide bonds. The van der Waals surface area contributed by atoms with Crippen molar-refractivity contribution in [3.05, 3.63) is 35.9 Å². The summed E-state index contributed by atoms with van der Waals surface area (Å²) in [4.78, 5) is 18.7. The van der Waals surface area contributed by atoms with Crippen LogP contribution in [0.2, 0.25) is 0 Å². The molecule has 0 unspecified atom stereocenters. The van der Waals surface area contributed by atoms with Crippen LogP contribution in [0.1, 0.15) is 38.1 Å². The highest BCUT2D eigenvalue weighted by Gasteiger charge is 2.47. The first-order chi connectivity index (χ1) is 16.9. The number of nitrogens with one attached hydrogen (secondary N) is 1. The quantitative estimate of drug-likeness (QED) is 0.558. The third-order valence-electron chi connectivity index (χ3n) is 6.83. The normalized spacial score (nSPS) is 19.7. The Balaban J connectivity index is 1.34. The number of hydrogen-bond acceptors (Lipinski definition) is 7. The number of nitrogens with zero attached hydrogens (tertiary/aromatic N) is 7. The molecule has 0 radical (unpaired) electrons. The molecular weight excluding hydrogens is 479 g/mol. The standard InChI is InChI=1S/C22H26F3N9O2/c1-20(2,16-11-32(3)31-29-16)28-19(35)33-6-4-21(12-33)5-7-34-17(21)9-14(30-34)13-8-15(18(26)27-10-13)36-22(23,24)25/h8-11H,4-7,12H2,1-3H3,(H2,26,27)(H,28,35)/t21-/m1/s1. The molecule has 3 N–H and O–H groups in total. The van der Waals surface area contributed by atoms with Crippen molar-refractivity contribution in [3.63, 3.8) is 0 Å². The molecule has 2 aliphatic heterocycles. The van der Waals surface area contributed by atoms with E-state index in [0.29, 0.717) is 36.6 Å². The maximum Gasteiger partial charge on any atom is 0.573 e. The molecule has 3 aromatic heterocycles. The molecule has 192 valence electrons. The van der Waals surface area contributed by atoms with Crippen LogP contribution in [0.3, 0.4) is 0 Å². The Kier molecular flexibility index (Phi) is 5.37. The summed E-state index contributed by atoms with van der Waals surface area (Å²) >= 11 is 0. The van der Waals surface area contributed by atoms with E-state index in [0.717, 1.165) is 18.5 Å². The molecule has 3 aromatic rings. The number of ether oxygens (including phenoxy) is 1. The van der Waals surface area contributed by atoms with Gasteiger partial charge in [0.15, 0.2) is 11.6 Å². The first-order valence-corrected chi connectivity index (χ1v) is 11.4. The Morgan fingerprint density at radius 1 is 1.22 bits per heavy atom. The van der Waals surface area contributed by atoms with Crippen LogP contribution >= 0.6 is 0 Å². The zero-order valence-corrected chi connectivity index (χ0v) is 20.0. The van der Waals surface area contributed by atoms with Gasteiger partial charge in [0.05, 0.1) is 17.4 Å². The lowest BCUT2D eigenvalue weighted by Crippen LogP contribution is -2.48. The zero-order chi connectivity index (χ0) is 25.9. The maximum absolute atomic E-state index is 13.1. The number of carbonyl (C=O) groups is 1. The molecule has 0 aromatic carbocycles. The highest BCUT2D eigenvalue weighted by Crippen LogP contribution is 2.44. The number of amides is 2. The highest BCUT2D eigenvalue weighted by molar-refractivity contribution is 5.76. The first kappa shape index (κ1) is 23.9. The van der Waals surface area contributed by atoms with E-state index in [1.807, 2.05) is 24.6 Å². The van der Waals surface area contributed by atoms with Crippen LogP contribution in [-0.4, -0.2) is 60.1 Å². The molecule has 2 aliphatic rings. The average Bonchev–Trinajstić information content (AvgIpc) is 3.55. The van der Waals surface area contributed by atoms with Crippen molar-refractivity contribution in [2.45, 2.75) is 50.6 Å². The molecule has 11 nitrogen and oxygen atoms in total. The van der Waals surface area contributed by atoms with Gasteiger partial charge in [-0.25, -0.2) is 9.78 Å². The fourth-order valence-electron chi connectivity index (χ4n) is 4.91. The smallest absolute Gasteiger partial charge is 0.402 e. The zero-order valence-electron chi connectivity index (χ0n) is 20.0. The molecule has 1 spiro atoms. The summed E-state index contributed by atoms with van der Waals surface area (Å²) in [6, 6.07) is 2.84. The van der Waals surface area contributed by atoms with Crippen LogP contribution in [-0.2, 0) is 24.5 Å². The number of carbonyl (C=O) groups excluding carboxylic acids is 1. The predicted octanol–water partition coefficient (Wildman–Crippen LogP) is 2.55. The Morgan fingerprint density at radius 3 is 2.67 bits per heavy atom. The number of nitrogens with two attached hydrogens (primary N) is 1. The number of alkyl halides is 3. The topological polar surface area (TPSA) is 129 Å². The minimum absolute atomic E-state index is 0.197. The van der Waals surface area contributed by atoms with Crippen molar-refractivity contribution in [3.8, 4) is 17.0 Å². The van der Waals surface area contributed by atoms with E-state index in [1.165, 1.54) is 12.3 Å². The van der Waals surface area contributed by atoms with Crippen molar-refractivity contribution in [2.24, 2.45) is 7.05 Å². The third-order valence-corrected chi connectivity index (χ3v) is 6.83. The molecule has 0 aliphatic carbocycles. The Morgan fingerprint density at radius 2 is 1.97 bits per heavy atom. The molecule has 36 heavy (non-hydrogen) atoms. The molecule has 0 saturated carbocycles. The van der Waals surface area contributed by atoms with E-state index >= 15 is 0 Å². The molecule has 1 saturated heterocycles. The van der Waals surface area contributed by atoms with E-state index in [2.05, 4.69) is 30.4 Å². The number of pyridine rings is 1. The van der Waals surface area contributed by atoms with Gasteiger partial charge in [0, 0.05) is 49.6 Å². The molecule has 14 heteroatoms. The van der Waals surface area contributed by atoms with Gasteiger partial charge in [-0.2, -0.15) is 5.10 Å². The Hall–Kier alpha value is -3.84. The number of urea groups is 1. The lowest BCUT2D eigenvalue weighted by molar-refractivity contribution is -0.274. The van der Waals surface area contributed by atoms with Gasteiger partial charge in [-0.05, 0) is 38.8 Å². The summed E-state index contributed by atoms with van der Waals surface area (Å²) in [5.74, 6) is -0.932. The molecule has 1 fully saturated rings. The van der Waals surface area contributed by atoms with Crippen molar-refractivity contribution in [2.75, 3.05) is 18.8 Å². The van der Waals surface area contributed by atoms with Gasteiger partial charge in [-0.3, -0.25) is 9.36 Å². The summed E-state index contributed by atoms with van der Waals surface area (Å²) in [6.45, 7) is 5.45. The van der Waals surface area contributed by atoms with Gasteiger partial charge >= 0.3 is 12.4 Å². The lowest BCUT2D eigenvalue weighted by Gasteiger charge is -2.28. The second-order valence-electron chi connectivity index (χ2n) is 9.83. The van der Waals surface area contributed by atoms with Gasteiger partial charge in [0.2, 0.25) is 0 Å². The molecular formula is C22H26F3N9O2. The summed E-state index contributed by atoms with van der Waals surface area (Å²) in [5, 5.41) is 15.7. The van der Waals surface area contributed by atoms with Crippen molar-refractivity contribution < 1.29 is 22.7 Å². The van der Waals surface area contributed by atoms with Gasteiger partial charge in [0.25, 0.3) is 0 Å². The molecule has 5 heterocycles. The van der Waals surface area contributed by atoms with Gasteiger partial charge < -0.3 is 20.7 Å². The fraction of sp³-hybridized carbons (Fsp3) is 0.500. The Bertz CT molecular complexity index is 1320. The summed E-state index contributed by atoms with van der Waals surface area (Å²) in [5.41, 5.74) is 6.99.